The number of hydrogen-bond donors (Lipinski definition) is 0. The van der Waals surface area contributed by atoms with Gasteiger partial charge in [0.15, 0.2) is 0 Å². The van der Waals surface area contributed by atoms with Crippen LogP contribution in [0.1, 0.15) is 0 Å². The monoisotopic (exact) mass is 298 g/mol. The zero-order valence-corrected chi connectivity index (χ0v) is 8.86. The van der Waals surface area contributed by atoms with E-state index in [4.69, 9.17) is 34.8 Å². The second-order valence-electron chi connectivity index (χ2n) is 2.37. The fourth-order valence-corrected chi connectivity index (χ4v) is 0.605. The number of hydrogen-bond acceptors (Lipinski definition) is 1. The van der Waals surface area contributed by atoms with Gasteiger partial charge in [-0.15, -0.1) is 0 Å². The maximum atomic E-state index is 12.4. The van der Waals surface area contributed by atoms with Crippen molar-refractivity contribution in [1.29, 1.82) is 0 Å². The van der Waals surface area contributed by atoms with Crippen LogP contribution in [-0.4, -0.2) is 28.9 Å². The summed E-state index contributed by atoms with van der Waals surface area (Å²) in [6.07, 6.45) is -15.3. The third kappa shape index (κ3) is 5.89. The Labute approximate surface area is 95.2 Å². The third-order valence-electron chi connectivity index (χ3n) is 1.01. The molecular formula is C5H3Cl3F6O. The molecule has 0 aromatic rings. The molecule has 1 unspecified atom stereocenters. The lowest BCUT2D eigenvalue weighted by molar-refractivity contribution is -0.335. The molecule has 0 amide bonds. The maximum absolute atomic E-state index is 12.4. The van der Waals surface area contributed by atoms with Gasteiger partial charge in [0, 0.05) is 0 Å². The fourth-order valence-electron chi connectivity index (χ4n) is 0.442. The van der Waals surface area contributed by atoms with Crippen LogP contribution in [-0.2, 0) is 4.74 Å². The zero-order valence-electron chi connectivity index (χ0n) is 6.59. The Morgan fingerprint density at radius 1 is 1.00 bits per heavy atom. The topological polar surface area (TPSA) is 9.23 Å². The van der Waals surface area contributed by atoms with Crippen molar-refractivity contribution in [3.63, 3.8) is 0 Å². The Balaban J connectivity index is 4.43. The molecule has 0 heterocycles. The summed E-state index contributed by atoms with van der Waals surface area (Å²) in [6.45, 7) is -1.37. The number of rotatable bonds is 3. The molecule has 10 heteroatoms. The molecule has 15 heavy (non-hydrogen) atoms. The van der Waals surface area contributed by atoms with Gasteiger partial charge in [0.25, 0.3) is 6.17 Å². The molecule has 0 saturated carbocycles. The summed E-state index contributed by atoms with van der Waals surface area (Å²) in [4.78, 5) is 0. The summed E-state index contributed by atoms with van der Waals surface area (Å²) in [5.41, 5.74) is 0. The first-order chi connectivity index (χ1) is 6.36. The van der Waals surface area contributed by atoms with Gasteiger partial charge in [-0.1, -0.05) is 34.8 Å². The first kappa shape index (κ1) is 15.4. The van der Waals surface area contributed by atoms with Crippen molar-refractivity contribution in [3.05, 3.63) is 0 Å². The van der Waals surface area contributed by atoms with E-state index in [1.54, 1.807) is 0 Å². The van der Waals surface area contributed by atoms with Crippen molar-refractivity contribution >= 4 is 34.8 Å². The lowest BCUT2D eigenvalue weighted by Gasteiger charge is -2.24. The lowest BCUT2D eigenvalue weighted by Crippen LogP contribution is -2.44. The molecule has 1 atom stereocenters. The summed E-state index contributed by atoms with van der Waals surface area (Å²) in [7, 11) is 0. The summed E-state index contributed by atoms with van der Waals surface area (Å²) < 4.78 is 72.3. The van der Waals surface area contributed by atoms with Gasteiger partial charge >= 0.3 is 12.3 Å². The molecule has 92 valence electrons. The van der Waals surface area contributed by atoms with Crippen molar-refractivity contribution < 1.29 is 31.1 Å². The van der Waals surface area contributed by atoms with E-state index in [0.717, 1.165) is 0 Å². The molecule has 0 saturated heterocycles. The van der Waals surface area contributed by atoms with Crippen LogP contribution in [0, 0.1) is 0 Å². The molecule has 0 bridgehead atoms. The van der Waals surface area contributed by atoms with Crippen LogP contribution in [0.25, 0.3) is 0 Å². The Kier molecular flexibility index (Phi) is 4.86. The highest BCUT2D eigenvalue weighted by Crippen LogP contribution is 2.37. The number of alkyl halides is 9. The Bertz CT molecular complexity index is 212. The highest BCUT2D eigenvalue weighted by atomic mass is 35.6. The minimum atomic E-state index is -5.75. The van der Waals surface area contributed by atoms with Crippen LogP contribution >= 0.6 is 34.8 Å². The normalized spacial score (nSPS) is 16.6. The van der Waals surface area contributed by atoms with E-state index in [0.29, 0.717) is 0 Å². The second-order valence-corrected chi connectivity index (χ2v) is 4.89. The van der Waals surface area contributed by atoms with Crippen molar-refractivity contribution in [1.82, 2.24) is 0 Å². The van der Waals surface area contributed by atoms with E-state index >= 15 is 0 Å². The van der Waals surface area contributed by atoms with Gasteiger partial charge in [0.2, 0.25) is 3.79 Å². The van der Waals surface area contributed by atoms with Gasteiger partial charge in [-0.05, 0) is 0 Å². The van der Waals surface area contributed by atoms with Crippen LogP contribution in [0.4, 0.5) is 26.3 Å². The zero-order chi connectivity index (χ0) is 12.5. The van der Waals surface area contributed by atoms with Gasteiger partial charge < -0.3 is 4.74 Å². The number of halogens is 9. The molecule has 1 nitrogen and oxygen atoms in total. The van der Waals surface area contributed by atoms with Gasteiger partial charge in [-0.2, -0.15) is 22.0 Å². The molecule has 0 aromatic heterocycles. The van der Waals surface area contributed by atoms with Crippen LogP contribution < -0.4 is 0 Å². The first-order valence-corrected chi connectivity index (χ1v) is 4.29. The first-order valence-electron chi connectivity index (χ1n) is 3.15. The van der Waals surface area contributed by atoms with E-state index in [-0.39, 0.29) is 0 Å². The molecule has 0 aliphatic carbocycles. The molecule has 0 spiro atoms. The van der Waals surface area contributed by atoms with Crippen molar-refractivity contribution in [2.24, 2.45) is 0 Å². The average Bonchev–Trinajstić information content (AvgIpc) is 1.97. The molecule has 0 fully saturated rings. The van der Waals surface area contributed by atoms with Crippen LogP contribution in [0.3, 0.4) is 0 Å². The highest BCUT2D eigenvalue weighted by molar-refractivity contribution is 6.67. The standard InChI is InChI=1S/C5H3Cl3F6O/c6-3(7,8)1-15-5(13,14)2(9)4(10,11)12/h2H,1H2. The second kappa shape index (κ2) is 4.73. The third-order valence-corrected chi connectivity index (χ3v) is 1.34. The maximum Gasteiger partial charge on any atom is 0.428 e. The summed E-state index contributed by atoms with van der Waals surface area (Å²) in [5.74, 6) is 0. The van der Waals surface area contributed by atoms with E-state index in [9.17, 15) is 26.3 Å². The van der Waals surface area contributed by atoms with Crippen molar-refractivity contribution in [3.8, 4) is 0 Å². The molecule has 0 aromatic carbocycles. The van der Waals surface area contributed by atoms with E-state index in [1.807, 2.05) is 0 Å². The lowest BCUT2D eigenvalue weighted by atomic mass is 10.3. The molecule has 0 rings (SSSR count). The summed E-state index contributed by atoms with van der Waals surface area (Å²) >= 11 is 14.8. The molecule has 0 aliphatic heterocycles. The largest absolute Gasteiger partial charge is 0.428 e. The van der Waals surface area contributed by atoms with Crippen LogP contribution in [0.2, 0.25) is 0 Å². The van der Waals surface area contributed by atoms with Crippen LogP contribution in [0.5, 0.6) is 0 Å². The molecule has 0 aliphatic rings. The highest BCUT2D eigenvalue weighted by Gasteiger charge is 2.58. The smallest absolute Gasteiger partial charge is 0.313 e. The van der Waals surface area contributed by atoms with Gasteiger partial charge in [-0.3, -0.25) is 0 Å². The Morgan fingerprint density at radius 3 is 1.67 bits per heavy atom. The quantitative estimate of drug-likeness (QED) is 0.568. The molecule has 0 radical (unpaired) electrons. The van der Waals surface area contributed by atoms with Gasteiger partial charge in [0.05, 0.1) is 0 Å². The van der Waals surface area contributed by atoms with Crippen molar-refractivity contribution in [2.75, 3.05) is 6.61 Å². The summed E-state index contributed by atoms with van der Waals surface area (Å²) in [6, 6.07) is 0. The predicted octanol–water partition coefficient (Wildman–Crippen LogP) is 3.87. The van der Waals surface area contributed by atoms with E-state index in [2.05, 4.69) is 4.74 Å². The van der Waals surface area contributed by atoms with Crippen LogP contribution in [0.15, 0.2) is 0 Å². The molecular weight excluding hydrogens is 296 g/mol. The average molecular weight is 299 g/mol. The molecule has 0 N–H and O–H groups in total. The Morgan fingerprint density at radius 2 is 1.40 bits per heavy atom. The minimum absolute atomic E-state index is 1.37. The Hall–Kier alpha value is 0.410. The minimum Gasteiger partial charge on any atom is -0.313 e. The fraction of sp³-hybridized carbons (Fsp3) is 1.00. The number of ether oxygens (including phenoxy) is 1. The van der Waals surface area contributed by atoms with E-state index < -0.39 is 28.9 Å². The van der Waals surface area contributed by atoms with E-state index in [1.165, 1.54) is 0 Å². The summed E-state index contributed by atoms with van der Waals surface area (Å²) in [5, 5.41) is 0. The van der Waals surface area contributed by atoms with Gasteiger partial charge in [0.1, 0.15) is 6.61 Å². The SMILES string of the molecule is FC(C(F)(F)F)C(F)(F)OCC(Cl)(Cl)Cl. The van der Waals surface area contributed by atoms with Crippen molar-refractivity contribution in [2.45, 2.75) is 22.2 Å². The predicted molar refractivity (Wildman–Crippen MR) is 42.1 cm³/mol. The van der Waals surface area contributed by atoms with Gasteiger partial charge in [-0.25, -0.2) is 4.39 Å².